The molecular weight excluding hydrogens is 419 g/mol. The number of benzene rings is 2. The normalized spacial score (nSPS) is 15.6. The van der Waals surface area contributed by atoms with Crippen molar-refractivity contribution in [2.75, 3.05) is 13.2 Å². The van der Waals surface area contributed by atoms with E-state index in [0.717, 1.165) is 28.9 Å². The van der Waals surface area contributed by atoms with E-state index in [2.05, 4.69) is 15.2 Å². The van der Waals surface area contributed by atoms with Gasteiger partial charge in [-0.25, -0.2) is 9.37 Å². The van der Waals surface area contributed by atoms with E-state index in [-0.39, 0.29) is 11.9 Å². The molecule has 0 radical (unpaired) electrons. The van der Waals surface area contributed by atoms with Crippen LogP contribution in [0.25, 0.3) is 11.3 Å². The second-order valence-electron chi connectivity index (χ2n) is 6.69. The Morgan fingerprint density at radius 2 is 1.87 bits per heavy atom. The molecule has 0 amide bonds. The molecule has 9 heteroatoms. The fourth-order valence-electron chi connectivity index (χ4n) is 3.14. The molecule has 3 aromatic rings. The van der Waals surface area contributed by atoms with Crippen LogP contribution in [0.5, 0.6) is 5.75 Å². The molecule has 0 saturated heterocycles. The molecule has 2 heterocycles. The van der Waals surface area contributed by atoms with E-state index < -0.39 is 0 Å². The smallest absolute Gasteiger partial charge is 0.200 e. The lowest BCUT2D eigenvalue weighted by molar-refractivity contribution is -0.0782. The van der Waals surface area contributed by atoms with Crippen molar-refractivity contribution in [1.29, 1.82) is 0 Å². The van der Waals surface area contributed by atoms with E-state index in [0.29, 0.717) is 29.8 Å². The van der Waals surface area contributed by atoms with Crippen LogP contribution in [0.15, 0.2) is 76.2 Å². The summed E-state index contributed by atoms with van der Waals surface area (Å²) in [5.74, 6) is 0.289. The minimum absolute atomic E-state index is 0.283. The molecule has 4 rings (SSSR count). The largest absolute Gasteiger partial charge is 0.379 e. The lowest BCUT2D eigenvalue weighted by Gasteiger charge is -2.14. The van der Waals surface area contributed by atoms with Crippen molar-refractivity contribution in [3.8, 4) is 5.75 Å². The second-order valence-corrected chi connectivity index (χ2v) is 7.36. The number of nitrogens with zero attached hydrogens (tertiary/aromatic N) is 4. The van der Waals surface area contributed by atoms with Gasteiger partial charge in [-0.3, -0.25) is 0 Å². The highest BCUT2D eigenvalue weighted by Gasteiger charge is 2.29. The van der Waals surface area contributed by atoms with Crippen molar-refractivity contribution >= 4 is 23.3 Å². The van der Waals surface area contributed by atoms with E-state index in [4.69, 9.17) is 14.0 Å². The van der Waals surface area contributed by atoms with Gasteiger partial charge in [0.05, 0.1) is 18.5 Å². The van der Waals surface area contributed by atoms with E-state index in [1.807, 2.05) is 36.7 Å². The lowest BCUT2D eigenvalue weighted by atomic mass is 9.99. The van der Waals surface area contributed by atoms with Gasteiger partial charge in [0, 0.05) is 24.8 Å². The SMILES string of the molecule is CCOCC1N=NC(c2ccc(F)cc2)=C1c1cnc(SOOc2ccccc2)n1C. The van der Waals surface area contributed by atoms with Crippen LogP contribution in [0.1, 0.15) is 18.2 Å². The van der Waals surface area contributed by atoms with Crippen LogP contribution in [0.2, 0.25) is 0 Å². The number of imidazole rings is 1. The minimum Gasteiger partial charge on any atom is -0.379 e. The molecule has 2 aromatic carbocycles. The molecular formula is C22H21FN4O3S. The first-order chi connectivity index (χ1) is 15.2. The maximum atomic E-state index is 13.4. The van der Waals surface area contributed by atoms with Crippen molar-refractivity contribution in [2.45, 2.75) is 18.1 Å². The highest BCUT2D eigenvalue weighted by Crippen LogP contribution is 2.38. The molecule has 7 nitrogen and oxygen atoms in total. The maximum Gasteiger partial charge on any atom is 0.200 e. The summed E-state index contributed by atoms with van der Waals surface area (Å²) in [7, 11) is 1.88. The molecule has 0 bridgehead atoms. The summed E-state index contributed by atoms with van der Waals surface area (Å²) in [6.45, 7) is 2.89. The van der Waals surface area contributed by atoms with Gasteiger partial charge in [0.25, 0.3) is 0 Å². The molecule has 0 fully saturated rings. The molecule has 1 atom stereocenters. The Kier molecular flexibility index (Phi) is 6.76. The summed E-state index contributed by atoms with van der Waals surface area (Å²) in [6.07, 6.45) is 1.74. The third-order valence-corrected chi connectivity index (χ3v) is 5.35. The standard InChI is InChI=1S/C22H21FN4O3S/c1-3-28-14-18-20(21(26-25-18)15-9-11-16(23)12-10-15)19-13-24-22(27(19)2)31-30-29-17-7-5-4-6-8-17/h4-13,18H,3,14H2,1-2H3. The molecule has 31 heavy (non-hydrogen) atoms. The van der Waals surface area contributed by atoms with Crippen LogP contribution in [0, 0.1) is 5.82 Å². The van der Waals surface area contributed by atoms with Crippen molar-refractivity contribution < 1.29 is 18.3 Å². The zero-order valence-electron chi connectivity index (χ0n) is 17.1. The van der Waals surface area contributed by atoms with Gasteiger partial charge in [-0.15, -0.1) is 4.33 Å². The summed E-state index contributed by atoms with van der Waals surface area (Å²) in [6, 6.07) is 15.1. The van der Waals surface area contributed by atoms with E-state index >= 15 is 0 Å². The van der Waals surface area contributed by atoms with Gasteiger partial charge in [0.15, 0.2) is 10.9 Å². The third kappa shape index (κ3) is 4.84. The van der Waals surface area contributed by atoms with E-state index in [1.54, 1.807) is 30.5 Å². The summed E-state index contributed by atoms with van der Waals surface area (Å²) >= 11 is 1.00. The Morgan fingerprint density at radius 3 is 2.61 bits per heavy atom. The molecule has 1 aliphatic rings. The quantitative estimate of drug-likeness (QED) is 0.256. The van der Waals surface area contributed by atoms with Crippen molar-refractivity contribution in [1.82, 2.24) is 9.55 Å². The number of aromatic nitrogens is 2. The van der Waals surface area contributed by atoms with Crippen LogP contribution >= 0.6 is 12.0 Å². The van der Waals surface area contributed by atoms with Gasteiger partial charge >= 0.3 is 0 Å². The topological polar surface area (TPSA) is 70.2 Å². The van der Waals surface area contributed by atoms with Gasteiger partial charge in [0.1, 0.15) is 29.6 Å². The van der Waals surface area contributed by atoms with Crippen molar-refractivity contribution in [3.05, 3.63) is 77.9 Å². The molecule has 160 valence electrons. The number of halogens is 1. The summed E-state index contributed by atoms with van der Waals surface area (Å²) < 4.78 is 26.2. The number of hydrogen-bond donors (Lipinski definition) is 0. The van der Waals surface area contributed by atoms with Gasteiger partial charge in [-0.2, -0.15) is 10.2 Å². The van der Waals surface area contributed by atoms with E-state index in [9.17, 15) is 4.39 Å². The van der Waals surface area contributed by atoms with Crippen LogP contribution in [0.3, 0.4) is 0 Å². The summed E-state index contributed by atoms with van der Waals surface area (Å²) in [4.78, 5) is 9.73. The molecule has 0 aliphatic carbocycles. The number of rotatable bonds is 9. The average molecular weight is 441 g/mol. The Hall–Kier alpha value is -3.01. The first kappa shape index (κ1) is 21.2. The second kappa shape index (κ2) is 9.86. The molecule has 0 saturated carbocycles. The Morgan fingerprint density at radius 1 is 1.10 bits per heavy atom. The van der Waals surface area contributed by atoms with Crippen LogP contribution in [-0.2, 0) is 16.1 Å². The molecule has 1 aromatic heterocycles. The van der Waals surface area contributed by atoms with Gasteiger partial charge < -0.3 is 14.2 Å². The fourth-order valence-corrected chi connectivity index (χ4v) is 3.62. The number of azo groups is 1. The van der Waals surface area contributed by atoms with Gasteiger partial charge in [0.2, 0.25) is 0 Å². The van der Waals surface area contributed by atoms with Gasteiger partial charge in [-0.1, -0.05) is 18.2 Å². The number of para-hydroxylation sites is 1. The monoisotopic (exact) mass is 440 g/mol. The third-order valence-electron chi connectivity index (χ3n) is 4.69. The Balaban J connectivity index is 1.59. The summed E-state index contributed by atoms with van der Waals surface area (Å²) in [5.41, 5.74) is 3.13. The van der Waals surface area contributed by atoms with Crippen LogP contribution in [0.4, 0.5) is 4.39 Å². The van der Waals surface area contributed by atoms with Crippen LogP contribution in [-0.4, -0.2) is 28.8 Å². The highest BCUT2D eigenvalue weighted by molar-refractivity contribution is 7.94. The molecule has 0 N–H and O–H groups in total. The Labute approximate surface area is 183 Å². The highest BCUT2D eigenvalue weighted by atomic mass is 32.2. The predicted octanol–water partition coefficient (Wildman–Crippen LogP) is 5.32. The fraction of sp³-hybridized carbons (Fsp3) is 0.227. The maximum absolute atomic E-state index is 13.4. The first-order valence-electron chi connectivity index (χ1n) is 9.74. The molecule has 1 aliphatic heterocycles. The summed E-state index contributed by atoms with van der Waals surface area (Å²) in [5, 5.41) is 9.37. The van der Waals surface area contributed by atoms with Crippen molar-refractivity contribution in [2.24, 2.45) is 17.3 Å². The van der Waals surface area contributed by atoms with E-state index in [1.165, 1.54) is 12.1 Å². The molecule has 0 spiro atoms. The minimum atomic E-state index is -0.304. The van der Waals surface area contributed by atoms with Crippen LogP contribution < -0.4 is 4.89 Å². The predicted molar refractivity (Wildman–Crippen MR) is 116 cm³/mol. The zero-order chi connectivity index (χ0) is 21.6. The first-order valence-corrected chi connectivity index (χ1v) is 10.5. The number of hydrogen-bond acceptors (Lipinski definition) is 7. The lowest BCUT2D eigenvalue weighted by Crippen LogP contribution is -2.15. The molecule has 1 unspecified atom stereocenters. The Bertz CT molecular complexity index is 1080. The van der Waals surface area contributed by atoms with Gasteiger partial charge in [-0.05, 0) is 43.3 Å². The van der Waals surface area contributed by atoms with Crippen molar-refractivity contribution in [3.63, 3.8) is 0 Å². The average Bonchev–Trinajstić information content (AvgIpc) is 3.37. The number of ether oxygens (including phenoxy) is 1. The zero-order valence-corrected chi connectivity index (χ0v) is 17.9.